The predicted octanol–water partition coefficient (Wildman–Crippen LogP) is 0.567. The first-order valence-electron chi connectivity index (χ1n) is 7.85. The molecule has 3 heterocycles. The van der Waals surface area contributed by atoms with Crippen LogP contribution >= 0.6 is 15.9 Å². The highest BCUT2D eigenvalue weighted by atomic mass is 79.9. The molecule has 0 unspecified atom stereocenters. The van der Waals surface area contributed by atoms with Gasteiger partial charge in [-0.25, -0.2) is 14.6 Å². The van der Waals surface area contributed by atoms with Crippen molar-refractivity contribution >= 4 is 27.6 Å². The van der Waals surface area contributed by atoms with E-state index in [-0.39, 0.29) is 5.56 Å². The van der Waals surface area contributed by atoms with Crippen LogP contribution in [0.4, 0.5) is 11.6 Å². The van der Waals surface area contributed by atoms with Crippen molar-refractivity contribution in [1.82, 2.24) is 24.6 Å². The molecule has 0 atom stereocenters. The molecule has 2 aromatic heterocycles. The van der Waals surface area contributed by atoms with Gasteiger partial charge in [-0.15, -0.1) is 0 Å². The summed E-state index contributed by atoms with van der Waals surface area (Å²) in [6.07, 6.45) is 5.21. The maximum absolute atomic E-state index is 11.8. The molecule has 0 amide bonds. The Bertz CT molecular complexity index is 728. The summed E-state index contributed by atoms with van der Waals surface area (Å²) in [5.74, 6) is 0.797. The Morgan fingerprint density at radius 1 is 1.21 bits per heavy atom. The Morgan fingerprint density at radius 3 is 2.62 bits per heavy atom. The van der Waals surface area contributed by atoms with Crippen LogP contribution in [0, 0.1) is 0 Å². The Hall–Kier alpha value is -2.00. The standard InChI is InChI=1S/C15H20BrN7O/c1-21-14(24)13(16)12(11-20-21)17-5-6-22-7-9-23(10-8-22)15-18-3-2-4-19-15/h2-4,11,17H,5-10H2,1H3. The Kier molecular flexibility index (Phi) is 5.41. The number of nitrogens with zero attached hydrogens (tertiary/aromatic N) is 6. The predicted molar refractivity (Wildman–Crippen MR) is 96.4 cm³/mol. The fraction of sp³-hybridized carbons (Fsp3) is 0.467. The summed E-state index contributed by atoms with van der Waals surface area (Å²) in [4.78, 5) is 25.0. The second-order valence-electron chi connectivity index (χ2n) is 5.61. The van der Waals surface area contributed by atoms with Crippen molar-refractivity contribution in [3.8, 4) is 0 Å². The average Bonchev–Trinajstić information content (AvgIpc) is 2.63. The van der Waals surface area contributed by atoms with Gasteiger partial charge in [-0.1, -0.05) is 0 Å². The highest BCUT2D eigenvalue weighted by Crippen LogP contribution is 2.15. The molecule has 3 rings (SSSR count). The van der Waals surface area contributed by atoms with Crippen LogP contribution in [-0.2, 0) is 7.05 Å². The molecule has 1 fully saturated rings. The summed E-state index contributed by atoms with van der Waals surface area (Å²) < 4.78 is 1.83. The van der Waals surface area contributed by atoms with Gasteiger partial charge in [0, 0.05) is 58.7 Å². The molecule has 2 aromatic rings. The number of aryl methyl sites for hydroxylation is 1. The molecule has 1 N–H and O–H groups in total. The molecule has 1 saturated heterocycles. The van der Waals surface area contributed by atoms with Gasteiger partial charge in [0.2, 0.25) is 5.95 Å². The third kappa shape index (κ3) is 3.90. The van der Waals surface area contributed by atoms with Crippen LogP contribution in [0.25, 0.3) is 0 Å². The van der Waals surface area contributed by atoms with E-state index in [1.165, 1.54) is 4.68 Å². The lowest BCUT2D eigenvalue weighted by molar-refractivity contribution is 0.266. The first-order valence-corrected chi connectivity index (χ1v) is 8.64. The molecule has 1 aliphatic rings. The molecule has 128 valence electrons. The molecule has 8 nitrogen and oxygen atoms in total. The van der Waals surface area contributed by atoms with Crippen LogP contribution in [0.1, 0.15) is 0 Å². The number of anilines is 2. The number of aromatic nitrogens is 4. The van der Waals surface area contributed by atoms with E-state index < -0.39 is 0 Å². The number of nitrogens with one attached hydrogen (secondary N) is 1. The van der Waals surface area contributed by atoms with Crippen molar-refractivity contribution in [2.75, 3.05) is 49.5 Å². The Labute approximate surface area is 148 Å². The number of rotatable bonds is 5. The molecular weight excluding hydrogens is 374 g/mol. The molecule has 9 heteroatoms. The Balaban J connectivity index is 1.46. The summed E-state index contributed by atoms with van der Waals surface area (Å²) in [5.41, 5.74) is 0.589. The van der Waals surface area contributed by atoms with Crippen molar-refractivity contribution in [2.45, 2.75) is 0 Å². The largest absolute Gasteiger partial charge is 0.381 e. The van der Waals surface area contributed by atoms with Gasteiger partial charge in [-0.3, -0.25) is 9.69 Å². The van der Waals surface area contributed by atoms with E-state index in [4.69, 9.17) is 0 Å². The third-order valence-corrected chi connectivity index (χ3v) is 4.80. The zero-order chi connectivity index (χ0) is 16.9. The van der Waals surface area contributed by atoms with Crippen molar-refractivity contribution in [3.05, 3.63) is 39.5 Å². The molecule has 0 aromatic carbocycles. The minimum absolute atomic E-state index is 0.142. The smallest absolute Gasteiger partial charge is 0.282 e. The highest BCUT2D eigenvalue weighted by Gasteiger charge is 2.18. The quantitative estimate of drug-likeness (QED) is 0.794. The van der Waals surface area contributed by atoms with Crippen LogP contribution in [0.2, 0.25) is 0 Å². The van der Waals surface area contributed by atoms with Crippen molar-refractivity contribution in [3.63, 3.8) is 0 Å². The second-order valence-corrected chi connectivity index (χ2v) is 6.40. The van der Waals surface area contributed by atoms with Crippen LogP contribution in [-0.4, -0.2) is 63.9 Å². The van der Waals surface area contributed by atoms with Gasteiger partial charge in [0.05, 0.1) is 11.9 Å². The first-order chi connectivity index (χ1) is 11.6. The number of halogens is 1. The summed E-state index contributed by atoms with van der Waals surface area (Å²) in [6, 6.07) is 1.83. The molecule has 0 radical (unpaired) electrons. The lowest BCUT2D eigenvalue weighted by Gasteiger charge is -2.34. The van der Waals surface area contributed by atoms with Gasteiger partial charge in [0.25, 0.3) is 5.56 Å². The fourth-order valence-electron chi connectivity index (χ4n) is 2.61. The van der Waals surface area contributed by atoms with E-state index in [0.29, 0.717) is 4.47 Å². The van der Waals surface area contributed by atoms with Gasteiger partial charge in [-0.05, 0) is 22.0 Å². The summed E-state index contributed by atoms with van der Waals surface area (Å²) in [5, 5.41) is 7.29. The van der Waals surface area contributed by atoms with Gasteiger partial charge < -0.3 is 10.2 Å². The molecule has 0 bridgehead atoms. The monoisotopic (exact) mass is 393 g/mol. The lowest BCUT2D eigenvalue weighted by atomic mass is 10.3. The number of hydrogen-bond donors (Lipinski definition) is 1. The van der Waals surface area contributed by atoms with Gasteiger partial charge in [-0.2, -0.15) is 5.10 Å². The molecule has 1 aliphatic heterocycles. The SMILES string of the molecule is Cn1ncc(NCCN2CCN(c3ncccn3)CC2)c(Br)c1=O. The van der Waals surface area contributed by atoms with E-state index in [1.807, 2.05) is 6.07 Å². The molecule has 0 aliphatic carbocycles. The van der Waals surface area contributed by atoms with Crippen molar-refractivity contribution < 1.29 is 0 Å². The van der Waals surface area contributed by atoms with Gasteiger partial charge >= 0.3 is 0 Å². The zero-order valence-corrected chi connectivity index (χ0v) is 15.1. The maximum Gasteiger partial charge on any atom is 0.282 e. The van der Waals surface area contributed by atoms with E-state index in [1.54, 1.807) is 25.6 Å². The second kappa shape index (κ2) is 7.71. The third-order valence-electron chi connectivity index (χ3n) is 4.03. The molecule has 24 heavy (non-hydrogen) atoms. The summed E-state index contributed by atoms with van der Waals surface area (Å²) in [6.45, 7) is 5.44. The van der Waals surface area contributed by atoms with E-state index in [2.05, 4.69) is 46.1 Å². The van der Waals surface area contributed by atoms with Gasteiger partial charge in [0.15, 0.2) is 0 Å². The number of piperazine rings is 1. The first kappa shape index (κ1) is 16.8. The lowest BCUT2D eigenvalue weighted by Crippen LogP contribution is -2.48. The molecule has 0 spiro atoms. The van der Waals surface area contributed by atoms with Crippen LogP contribution in [0.3, 0.4) is 0 Å². The minimum Gasteiger partial charge on any atom is -0.381 e. The maximum atomic E-state index is 11.8. The highest BCUT2D eigenvalue weighted by molar-refractivity contribution is 9.10. The van der Waals surface area contributed by atoms with Crippen molar-refractivity contribution in [1.29, 1.82) is 0 Å². The van der Waals surface area contributed by atoms with Crippen LogP contribution in [0.15, 0.2) is 33.9 Å². The van der Waals surface area contributed by atoms with Crippen LogP contribution < -0.4 is 15.8 Å². The summed E-state index contributed by atoms with van der Waals surface area (Å²) >= 11 is 3.32. The Morgan fingerprint density at radius 2 is 1.92 bits per heavy atom. The van der Waals surface area contributed by atoms with E-state index in [9.17, 15) is 4.79 Å². The van der Waals surface area contributed by atoms with Gasteiger partial charge in [0.1, 0.15) is 4.47 Å². The topological polar surface area (TPSA) is 79.2 Å². The van der Waals surface area contributed by atoms with Crippen molar-refractivity contribution in [2.24, 2.45) is 7.05 Å². The van der Waals surface area contributed by atoms with E-state index >= 15 is 0 Å². The normalized spacial score (nSPS) is 15.5. The summed E-state index contributed by atoms with van der Waals surface area (Å²) in [7, 11) is 1.63. The zero-order valence-electron chi connectivity index (χ0n) is 13.5. The molecule has 0 saturated carbocycles. The minimum atomic E-state index is -0.142. The fourth-order valence-corrected chi connectivity index (χ4v) is 3.11. The molecular formula is C15H20BrN7O. The van der Waals surface area contributed by atoms with E-state index in [0.717, 1.165) is 50.9 Å². The van der Waals surface area contributed by atoms with Crippen LogP contribution in [0.5, 0.6) is 0 Å². The number of hydrogen-bond acceptors (Lipinski definition) is 7. The average molecular weight is 394 g/mol.